The molecule has 0 aliphatic heterocycles. The lowest BCUT2D eigenvalue weighted by Gasteiger charge is -2.04. The highest BCUT2D eigenvalue weighted by Gasteiger charge is 2.19. The number of hydrogen-bond donors (Lipinski definition) is 1. The number of hydrogen-bond acceptors (Lipinski definition) is 1. The van der Waals surface area contributed by atoms with Gasteiger partial charge >= 0.3 is 0 Å². The zero-order chi connectivity index (χ0) is 10.3. The first-order valence-corrected chi connectivity index (χ1v) is 5.85. The van der Waals surface area contributed by atoms with Crippen LogP contribution >= 0.6 is 11.6 Å². The van der Waals surface area contributed by atoms with Crippen LogP contribution in [0.3, 0.4) is 0 Å². The van der Waals surface area contributed by atoms with Crippen molar-refractivity contribution in [3.05, 3.63) is 29.0 Å². The smallest absolute Gasteiger partial charge is 0.138 e. The molecule has 0 saturated heterocycles. The van der Waals surface area contributed by atoms with Gasteiger partial charge in [0.05, 0.1) is 5.02 Å². The minimum absolute atomic E-state index is 0.690. The molecule has 0 atom stereocenters. The summed E-state index contributed by atoms with van der Waals surface area (Å²) in [5.41, 5.74) is 2.23. The van der Waals surface area contributed by atoms with Crippen molar-refractivity contribution in [2.45, 2.75) is 31.6 Å². The molecule has 0 unspecified atom stereocenters. The van der Waals surface area contributed by atoms with Gasteiger partial charge in [-0.1, -0.05) is 24.4 Å². The Morgan fingerprint density at radius 1 is 1.33 bits per heavy atom. The number of nitrogens with one attached hydrogen (secondary N) is 1. The molecule has 1 fully saturated rings. The summed E-state index contributed by atoms with van der Waals surface area (Å²) in [7, 11) is 0. The highest BCUT2D eigenvalue weighted by atomic mass is 35.5. The van der Waals surface area contributed by atoms with Gasteiger partial charge in [0.15, 0.2) is 0 Å². The van der Waals surface area contributed by atoms with Crippen LogP contribution in [0.4, 0.5) is 0 Å². The third kappa shape index (κ3) is 1.53. The fourth-order valence-corrected chi connectivity index (χ4v) is 2.67. The normalized spacial score (nSPS) is 17.7. The molecule has 3 rings (SSSR count). The SMILES string of the molecule is Clc1ccnc2[nH]c(C3CCCC3)cc12. The summed E-state index contributed by atoms with van der Waals surface area (Å²) in [5, 5.41) is 1.85. The quantitative estimate of drug-likeness (QED) is 0.777. The second kappa shape index (κ2) is 3.53. The van der Waals surface area contributed by atoms with E-state index in [1.807, 2.05) is 6.07 Å². The number of nitrogens with zero attached hydrogens (tertiary/aromatic N) is 1. The molecule has 3 heteroatoms. The molecule has 78 valence electrons. The summed E-state index contributed by atoms with van der Waals surface area (Å²) < 4.78 is 0. The van der Waals surface area contributed by atoms with Crippen LogP contribution in [0.15, 0.2) is 18.3 Å². The predicted molar refractivity (Wildman–Crippen MR) is 62.3 cm³/mol. The first-order valence-electron chi connectivity index (χ1n) is 5.48. The molecule has 0 spiro atoms. The molecule has 2 aromatic heterocycles. The topological polar surface area (TPSA) is 28.7 Å². The molecule has 0 radical (unpaired) electrons. The molecular formula is C12H13ClN2. The molecule has 1 aliphatic carbocycles. The van der Waals surface area contributed by atoms with Gasteiger partial charge in [0.25, 0.3) is 0 Å². The fourth-order valence-electron chi connectivity index (χ4n) is 2.47. The molecule has 1 N–H and O–H groups in total. The largest absolute Gasteiger partial charge is 0.343 e. The summed E-state index contributed by atoms with van der Waals surface area (Å²) in [6, 6.07) is 4.01. The van der Waals surface area contributed by atoms with Gasteiger partial charge in [0.1, 0.15) is 5.65 Å². The van der Waals surface area contributed by atoms with Crippen molar-refractivity contribution >= 4 is 22.6 Å². The molecule has 0 bridgehead atoms. The van der Waals surface area contributed by atoms with Crippen molar-refractivity contribution in [2.75, 3.05) is 0 Å². The van der Waals surface area contributed by atoms with Crippen LogP contribution in [-0.4, -0.2) is 9.97 Å². The minimum Gasteiger partial charge on any atom is -0.343 e. The first kappa shape index (κ1) is 9.22. The maximum atomic E-state index is 6.12. The lowest BCUT2D eigenvalue weighted by atomic mass is 10.0. The van der Waals surface area contributed by atoms with Gasteiger partial charge in [-0.15, -0.1) is 0 Å². The van der Waals surface area contributed by atoms with E-state index in [9.17, 15) is 0 Å². The number of H-pyrrole nitrogens is 1. The van der Waals surface area contributed by atoms with E-state index < -0.39 is 0 Å². The summed E-state index contributed by atoms with van der Waals surface area (Å²) in [4.78, 5) is 7.68. The first-order chi connectivity index (χ1) is 7.34. The summed E-state index contributed by atoms with van der Waals surface area (Å²) in [6.07, 6.45) is 7.04. The molecule has 1 aliphatic rings. The number of aromatic nitrogens is 2. The Balaban J connectivity index is 2.09. The Kier molecular flexibility index (Phi) is 2.17. The second-order valence-corrected chi connectivity index (χ2v) is 4.67. The van der Waals surface area contributed by atoms with E-state index >= 15 is 0 Å². The maximum absolute atomic E-state index is 6.12. The van der Waals surface area contributed by atoms with Crippen LogP contribution in [-0.2, 0) is 0 Å². The van der Waals surface area contributed by atoms with Crippen LogP contribution < -0.4 is 0 Å². The zero-order valence-corrected chi connectivity index (χ0v) is 9.22. The Labute approximate surface area is 93.7 Å². The van der Waals surface area contributed by atoms with Gasteiger partial charge in [0.2, 0.25) is 0 Å². The minimum atomic E-state index is 0.690. The van der Waals surface area contributed by atoms with Crippen LogP contribution in [0, 0.1) is 0 Å². The van der Waals surface area contributed by atoms with Crippen molar-refractivity contribution in [1.82, 2.24) is 9.97 Å². The van der Waals surface area contributed by atoms with Gasteiger partial charge < -0.3 is 4.98 Å². The third-order valence-corrected chi connectivity index (χ3v) is 3.62. The Hall–Kier alpha value is -1.02. The van der Waals surface area contributed by atoms with E-state index in [4.69, 9.17) is 11.6 Å². The highest BCUT2D eigenvalue weighted by molar-refractivity contribution is 6.35. The third-order valence-electron chi connectivity index (χ3n) is 3.29. The van der Waals surface area contributed by atoms with E-state index in [1.165, 1.54) is 31.4 Å². The lowest BCUT2D eigenvalue weighted by molar-refractivity contribution is 0.704. The van der Waals surface area contributed by atoms with Crippen molar-refractivity contribution in [1.29, 1.82) is 0 Å². The number of fused-ring (bicyclic) bond motifs is 1. The summed E-state index contributed by atoms with van der Waals surface area (Å²) in [5.74, 6) is 0.690. The average Bonchev–Trinajstić information content (AvgIpc) is 2.86. The van der Waals surface area contributed by atoms with Crippen molar-refractivity contribution < 1.29 is 0 Å². The number of halogens is 1. The molecule has 2 aromatic rings. The number of aromatic amines is 1. The van der Waals surface area contributed by atoms with Gasteiger partial charge in [-0.3, -0.25) is 0 Å². The summed E-state index contributed by atoms with van der Waals surface area (Å²) in [6.45, 7) is 0. The van der Waals surface area contributed by atoms with Crippen LogP contribution in [0.2, 0.25) is 5.02 Å². The maximum Gasteiger partial charge on any atom is 0.138 e. The van der Waals surface area contributed by atoms with Crippen molar-refractivity contribution in [2.24, 2.45) is 0 Å². The van der Waals surface area contributed by atoms with Gasteiger partial charge in [-0.25, -0.2) is 4.98 Å². The Bertz CT molecular complexity index is 483. The van der Waals surface area contributed by atoms with E-state index in [1.54, 1.807) is 6.20 Å². The molecule has 15 heavy (non-hydrogen) atoms. The van der Waals surface area contributed by atoms with Gasteiger partial charge in [0, 0.05) is 17.3 Å². The highest BCUT2D eigenvalue weighted by Crippen LogP contribution is 2.35. The second-order valence-electron chi connectivity index (χ2n) is 4.26. The zero-order valence-electron chi connectivity index (χ0n) is 8.46. The fraction of sp³-hybridized carbons (Fsp3) is 0.417. The lowest BCUT2D eigenvalue weighted by Crippen LogP contribution is -1.91. The molecular weight excluding hydrogens is 208 g/mol. The molecule has 2 nitrogen and oxygen atoms in total. The standard InChI is InChI=1S/C12H13ClN2/c13-10-5-6-14-12-9(10)7-11(15-12)8-3-1-2-4-8/h5-8H,1-4H2,(H,14,15). The van der Waals surface area contributed by atoms with Gasteiger partial charge in [-0.05, 0) is 30.9 Å². The monoisotopic (exact) mass is 220 g/mol. The van der Waals surface area contributed by atoms with E-state index in [2.05, 4.69) is 16.0 Å². The molecule has 0 aromatic carbocycles. The summed E-state index contributed by atoms with van der Waals surface area (Å²) >= 11 is 6.12. The van der Waals surface area contributed by atoms with Gasteiger partial charge in [-0.2, -0.15) is 0 Å². The average molecular weight is 221 g/mol. The van der Waals surface area contributed by atoms with Crippen LogP contribution in [0.1, 0.15) is 37.3 Å². The Morgan fingerprint density at radius 3 is 2.87 bits per heavy atom. The number of pyridine rings is 1. The van der Waals surface area contributed by atoms with E-state index in [0.29, 0.717) is 5.92 Å². The Morgan fingerprint density at radius 2 is 2.13 bits per heavy atom. The molecule has 0 amide bonds. The predicted octanol–water partition coefficient (Wildman–Crippen LogP) is 3.87. The van der Waals surface area contributed by atoms with E-state index in [-0.39, 0.29) is 0 Å². The number of rotatable bonds is 1. The molecule has 1 saturated carbocycles. The molecule has 2 heterocycles. The van der Waals surface area contributed by atoms with E-state index in [0.717, 1.165) is 16.1 Å². The van der Waals surface area contributed by atoms with Crippen LogP contribution in [0.25, 0.3) is 11.0 Å². The van der Waals surface area contributed by atoms with Crippen molar-refractivity contribution in [3.63, 3.8) is 0 Å². The van der Waals surface area contributed by atoms with Crippen LogP contribution in [0.5, 0.6) is 0 Å². The van der Waals surface area contributed by atoms with Crippen molar-refractivity contribution in [3.8, 4) is 0 Å².